The third kappa shape index (κ3) is 3.46. The summed E-state index contributed by atoms with van der Waals surface area (Å²) in [6.45, 7) is 0.935. The molecular formula is C20H20FN5O3. The van der Waals surface area contributed by atoms with Crippen molar-refractivity contribution in [3.8, 4) is 11.5 Å². The molecule has 9 heteroatoms. The first kappa shape index (κ1) is 18.7. The van der Waals surface area contributed by atoms with Gasteiger partial charge in [0.25, 0.3) is 0 Å². The van der Waals surface area contributed by atoms with Crippen molar-refractivity contribution in [3.63, 3.8) is 0 Å². The maximum absolute atomic E-state index is 13.5. The first-order valence-corrected chi connectivity index (χ1v) is 9.00. The Kier molecular flexibility index (Phi) is 4.79. The minimum Gasteiger partial charge on any atom is -0.493 e. The van der Waals surface area contributed by atoms with Crippen molar-refractivity contribution in [1.82, 2.24) is 9.97 Å². The summed E-state index contributed by atoms with van der Waals surface area (Å²) in [7, 11) is 3.08. The molecule has 2 N–H and O–H groups in total. The van der Waals surface area contributed by atoms with Crippen LogP contribution in [0.25, 0.3) is 10.9 Å². The fourth-order valence-electron chi connectivity index (χ4n) is 3.37. The number of nitrogens with two attached hydrogens (primary N) is 1. The molecule has 1 fully saturated rings. The molecule has 0 atom stereocenters. The molecule has 1 saturated heterocycles. The molecule has 29 heavy (non-hydrogen) atoms. The molecule has 3 aromatic rings. The van der Waals surface area contributed by atoms with E-state index in [1.54, 1.807) is 48.3 Å². The second-order valence-corrected chi connectivity index (χ2v) is 6.58. The number of piperazine rings is 1. The Labute approximate surface area is 166 Å². The molecule has 0 saturated carbocycles. The Bertz CT molecular complexity index is 1090. The Morgan fingerprint density at radius 3 is 2.52 bits per heavy atom. The number of nitrogen functional groups attached to an aromatic ring is 1. The Hall–Kier alpha value is -3.62. The summed E-state index contributed by atoms with van der Waals surface area (Å²) in [6.07, 6.45) is 0. The number of rotatable bonds is 4. The van der Waals surface area contributed by atoms with Gasteiger partial charge in [-0.25, -0.2) is 9.37 Å². The number of nitrogens with zero attached hydrogens (tertiary/aromatic N) is 4. The van der Waals surface area contributed by atoms with Gasteiger partial charge in [-0.3, -0.25) is 4.79 Å². The van der Waals surface area contributed by atoms with E-state index < -0.39 is 0 Å². The molecule has 150 valence electrons. The van der Waals surface area contributed by atoms with Gasteiger partial charge in [0.2, 0.25) is 11.9 Å². The quantitative estimate of drug-likeness (QED) is 0.721. The lowest BCUT2D eigenvalue weighted by molar-refractivity contribution is -0.117. The highest BCUT2D eigenvalue weighted by molar-refractivity contribution is 5.98. The monoisotopic (exact) mass is 397 g/mol. The third-order valence-electron chi connectivity index (χ3n) is 4.84. The van der Waals surface area contributed by atoms with Crippen LogP contribution in [0.4, 0.5) is 21.8 Å². The van der Waals surface area contributed by atoms with Crippen molar-refractivity contribution in [2.75, 3.05) is 49.4 Å². The summed E-state index contributed by atoms with van der Waals surface area (Å²) in [6, 6.07) is 9.43. The predicted molar refractivity (Wildman–Crippen MR) is 108 cm³/mol. The molecule has 1 aliphatic rings. The lowest BCUT2D eigenvalue weighted by Crippen LogP contribution is -2.51. The molecule has 8 nitrogen and oxygen atoms in total. The molecule has 0 aliphatic carbocycles. The van der Waals surface area contributed by atoms with Crippen LogP contribution in [-0.2, 0) is 4.79 Å². The fourth-order valence-corrected chi connectivity index (χ4v) is 3.37. The second kappa shape index (κ2) is 7.42. The van der Waals surface area contributed by atoms with Gasteiger partial charge in [-0.15, -0.1) is 0 Å². The van der Waals surface area contributed by atoms with Crippen LogP contribution >= 0.6 is 0 Å². The van der Waals surface area contributed by atoms with E-state index in [0.29, 0.717) is 47.1 Å². The van der Waals surface area contributed by atoms with Gasteiger partial charge in [-0.05, 0) is 24.3 Å². The van der Waals surface area contributed by atoms with Crippen molar-refractivity contribution < 1.29 is 18.7 Å². The number of benzene rings is 2. The van der Waals surface area contributed by atoms with E-state index in [2.05, 4.69) is 9.97 Å². The zero-order chi connectivity index (χ0) is 20.5. The van der Waals surface area contributed by atoms with Crippen LogP contribution in [0.2, 0.25) is 0 Å². The zero-order valence-corrected chi connectivity index (χ0v) is 16.1. The van der Waals surface area contributed by atoms with Gasteiger partial charge in [0, 0.05) is 30.2 Å². The van der Waals surface area contributed by atoms with Crippen LogP contribution < -0.4 is 25.0 Å². The SMILES string of the molecule is COc1cc2nc(N3CCN(c4cccc(F)c4)C(=O)C3)nc(N)c2cc1OC. The van der Waals surface area contributed by atoms with E-state index in [1.165, 1.54) is 12.1 Å². The molecule has 1 aromatic heterocycles. The molecule has 0 spiro atoms. The van der Waals surface area contributed by atoms with E-state index >= 15 is 0 Å². The van der Waals surface area contributed by atoms with Gasteiger partial charge in [0.05, 0.1) is 19.7 Å². The Morgan fingerprint density at radius 1 is 1.07 bits per heavy atom. The van der Waals surface area contributed by atoms with E-state index in [0.717, 1.165) is 0 Å². The maximum atomic E-state index is 13.5. The number of hydrogen-bond donors (Lipinski definition) is 1. The van der Waals surface area contributed by atoms with Crippen molar-refractivity contribution in [3.05, 3.63) is 42.2 Å². The minimum atomic E-state index is -0.382. The van der Waals surface area contributed by atoms with E-state index in [9.17, 15) is 9.18 Å². The molecule has 0 bridgehead atoms. The Balaban J connectivity index is 1.63. The van der Waals surface area contributed by atoms with Crippen molar-refractivity contribution in [1.29, 1.82) is 0 Å². The third-order valence-corrected chi connectivity index (χ3v) is 4.84. The predicted octanol–water partition coefficient (Wildman–Crippen LogP) is 2.22. The number of aromatic nitrogens is 2. The van der Waals surface area contributed by atoms with Gasteiger partial charge < -0.3 is 25.0 Å². The van der Waals surface area contributed by atoms with Crippen LogP contribution in [0.3, 0.4) is 0 Å². The number of carbonyl (C=O) groups excluding carboxylic acids is 1. The van der Waals surface area contributed by atoms with Crippen molar-refractivity contribution in [2.45, 2.75) is 0 Å². The van der Waals surface area contributed by atoms with Gasteiger partial charge >= 0.3 is 0 Å². The van der Waals surface area contributed by atoms with Gasteiger partial charge in [0.1, 0.15) is 18.2 Å². The largest absolute Gasteiger partial charge is 0.493 e. The fraction of sp³-hybridized carbons (Fsp3) is 0.250. The van der Waals surface area contributed by atoms with E-state index in [1.807, 2.05) is 0 Å². The highest BCUT2D eigenvalue weighted by Gasteiger charge is 2.27. The minimum absolute atomic E-state index is 0.0642. The van der Waals surface area contributed by atoms with Crippen molar-refractivity contribution >= 4 is 34.3 Å². The lowest BCUT2D eigenvalue weighted by atomic mass is 10.2. The summed E-state index contributed by atoms with van der Waals surface area (Å²) < 4.78 is 24.1. The number of methoxy groups -OCH3 is 2. The topological polar surface area (TPSA) is 93.8 Å². The van der Waals surface area contributed by atoms with Crippen LogP contribution in [0.5, 0.6) is 11.5 Å². The van der Waals surface area contributed by atoms with Gasteiger partial charge in [-0.2, -0.15) is 4.98 Å². The molecule has 4 rings (SSSR count). The number of ether oxygens (including phenoxy) is 2. The molecule has 0 unspecified atom stereocenters. The standard InChI is InChI=1S/C20H20FN5O3/c1-28-16-9-14-15(10-17(16)29-2)23-20(24-19(14)22)25-6-7-26(18(27)11-25)13-5-3-4-12(21)8-13/h3-5,8-10H,6-7,11H2,1-2H3,(H2,22,23,24). The number of amides is 1. The molecule has 1 amide bonds. The highest BCUT2D eigenvalue weighted by Crippen LogP contribution is 2.34. The van der Waals surface area contributed by atoms with Gasteiger partial charge in [0.15, 0.2) is 11.5 Å². The molecular weight excluding hydrogens is 377 g/mol. The second-order valence-electron chi connectivity index (χ2n) is 6.58. The lowest BCUT2D eigenvalue weighted by Gasteiger charge is -2.34. The number of halogens is 1. The number of carbonyl (C=O) groups is 1. The highest BCUT2D eigenvalue weighted by atomic mass is 19.1. The average Bonchev–Trinajstić information content (AvgIpc) is 2.72. The summed E-state index contributed by atoms with van der Waals surface area (Å²) in [5.74, 6) is 1.14. The number of anilines is 3. The number of fused-ring (bicyclic) bond motifs is 1. The first-order valence-electron chi connectivity index (χ1n) is 9.00. The summed E-state index contributed by atoms with van der Waals surface area (Å²) >= 11 is 0. The molecule has 0 radical (unpaired) electrons. The van der Waals surface area contributed by atoms with E-state index in [-0.39, 0.29) is 24.1 Å². The van der Waals surface area contributed by atoms with Crippen LogP contribution in [0, 0.1) is 5.82 Å². The zero-order valence-electron chi connectivity index (χ0n) is 16.1. The summed E-state index contributed by atoms with van der Waals surface area (Å²) in [5, 5.41) is 0.635. The molecule has 1 aliphatic heterocycles. The van der Waals surface area contributed by atoms with Gasteiger partial charge in [-0.1, -0.05) is 6.07 Å². The maximum Gasteiger partial charge on any atom is 0.246 e. The van der Waals surface area contributed by atoms with Crippen LogP contribution in [0.1, 0.15) is 0 Å². The molecule has 2 heterocycles. The van der Waals surface area contributed by atoms with Crippen LogP contribution in [0.15, 0.2) is 36.4 Å². The first-order chi connectivity index (χ1) is 14.0. The Morgan fingerprint density at radius 2 is 1.83 bits per heavy atom. The summed E-state index contributed by atoms with van der Waals surface area (Å²) in [5.41, 5.74) is 7.26. The normalized spacial score (nSPS) is 14.4. The number of hydrogen-bond acceptors (Lipinski definition) is 7. The summed E-state index contributed by atoms with van der Waals surface area (Å²) in [4.78, 5) is 24.9. The van der Waals surface area contributed by atoms with Crippen LogP contribution in [-0.4, -0.2) is 49.7 Å². The smallest absolute Gasteiger partial charge is 0.246 e. The van der Waals surface area contributed by atoms with E-state index in [4.69, 9.17) is 15.2 Å². The molecule has 2 aromatic carbocycles. The average molecular weight is 397 g/mol. The van der Waals surface area contributed by atoms with Crippen molar-refractivity contribution in [2.24, 2.45) is 0 Å².